The fourth-order valence-corrected chi connectivity index (χ4v) is 12.5. The van der Waals surface area contributed by atoms with E-state index in [9.17, 15) is 19.8 Å². The van der Waals surface area contributed by atoms with Gasteiger partial charge < -0.3 is 28.8 Å². The fourth-order valence-electron chi connectivity index (χ4n) is 9.59. The van der Waals surface area contributed by atoms with Gasteiger partial charge in [0.1, 0.15) is 23.6 Å². The van der Waals surface area contributed by atoms with Crippen LogP contribution in [-0.2, 0) is 28.2 Å². The average molecular weight is 663 g/mol. The predicted molar refractivity (Wildman–Crippen MR) is 172 cm³/mol. The Morgan fingerprint density at radius 2 is 1.68 bits per heavy atom. The summed E-state index contributed by atoms with van der Waals surface area (Å²) in [6.45, 7) is 16.7. The van der Waals surface area contributed by atoms with E-state index in [0.717, 1.165) is 18.1 Å². The first kappa shape index (κ1) is 38.0. The molecular formula is C36H51LiO9Si. The Hall–Kier alpha value is -1.78. The summed E-state index contributed by atoms with van der Waals surface area (Å²) in [7, 11) is -2.35. The van der Waals surface area contributed by atoms with Gasteiger partial charge in [-0.25, -0.2) is 4.79 Å². The zero-order valence-corrected chi connectivity index (χ0v) is 30.8. The molecule has 5 rings (SSSR count). The van der Waals surface area contributed by atoms with Crippen LogP contribution in [0.15, 0.2) is 41.5 Å². The van der Waals surface area contributed by atoms with Gasteiger partial charge in [0.05, 0.1) is 29.6 Å². The molecule has 1 aliphatic heterocycles. The zero-order chi connectivity index (χ0) is 34.0. The zero-order valence-electron chi connectivity index (χ0n) is 29.8. The third kappa shape index (κ3) is 5.55. The standard InChI is InChI=1S/C36H51O9Si.Li/c1-10-46(11-2,12-3)45-26-18-27-35(20-42-27,44-23(6)37)29-31(43-32(40)24-16-14-13-15-17-24)36(41)19-25(38)21(4)28(33(36,7)8)22(5)30(39)34(26,29)9;/h13-17,22,25-27,29,31,41H,10-12,18-20H2,1-9H3;/q-1;+1/t22-,25+,26+,27-,29+,31+,34-,35+,36-;/m1./s1. The van der Waals surface area contributed by atoms with E-state index >= 15 is 4.79 Å². The van der Waals surface area contributed by atoms with E-state index in [1.807, 2.05) is 27.7 Å². The molecular weight excluding hydrogens is 611 g/mol. The smallest absolute Gasteiger partial charge is 0.849 e. The predicted octanol–water partition coefficient (Wildman–Crippen LogP) is 1.76. The first-order valence-corrected chi connectivity index (χ1v) is 19.4. The molecule has 4 aliphatic rings. The Morgan fingerprint density at radius 1 is 1.09 bits per heavy atom. The minimum atomic E-state index is -2.35. The number of Topliss-reactive ketones (excluding diaryl/α,β-unsaturated/α-hetero) is 1. The first-order chi connectivity index (χ1) is 21.5. The van der Waals surface area contributed by atoms with Crippen LogP contribution in [0.1, 0.15) is 85.5 Å². The molecule has 0 spiro atoms. The Balaban J connectivity index is 0.00000500. The van der Waals surface area contributed by atoms with Crippen LogP contribution < -0.4 is 24.0 Å². The van der Waals surface area contributed by atoms with Crippen LogP contribution in [0.3, 0.4) is 0 Å². The number of fused-ring (bicyclic) bond motifs is 5. The Kier molecular flexibility index (Phi) is 10.7. The molecule has 3 fully saturated rings. The van der Waals surface area contributed by atoms with E-state index in [0.29, 0.717) is 17.6 Å². The third-order valence-electron chi connectivity index (χ3n) is 12.5. The van der Waals surface area contributed by atoms with Gasteiger partial charge in [-0.1, -0.05) is 70.9 Å². The van der Waals surface area contributed by atoms with Crippen molar-refractivity contribution >= 4 is 26.0 Å². The van der Waals surface area contributed by atoms with Gasteiger partial charge in [-0.05, 0) is 50.5 Å². The van der Waals surface area contributed by atoms with Crippen molar-refractivity contribution in [3.8, 4) is 0 Å². The maximum Gasteiger partial charge on any atom is 1.00 e. The van der Waals surface area contributed by atoms with E-state index in [4.69, 9.17) is 18.6 Å². The van der Waals surface area contributed by atoms with Crippen molar-refractivity contribution in [2.45, 2.75) is 129 Å². The summed E-state index contributed by atoms with van der Waals surface area (Å²) >= 11 is 0. The fraction of sp³-hybridized carbons (Fsp3) is 0.694. The number of aliphatic hydroxyl groups is 1. The molecule has 2 saturated carbocycles. The van der Waals surface area contributed by atoms with Gasteiger partial charge in [-0.15, -0.1) is 6.10 Å². The molecule has 3 aliphatic carbocycles. The summed E-state index contributed by atoms with van der Waals surface area (Å²) in [6, 6.07) is 11.0. The molecule has 1 aromatic carbocycles. The van der Waals surface area contributed by atoms with Gasteiger partial charge in [0.2, 0.25) is 0 Å². The topological polar surface area (TPSA) is 131 Å². The molecule has 1 N–H and O–H groups in total. The number of esters is 2. The molecule has 11 heteroatoms. The van der Waals surface area contributed by atoms with Crippen LogP contribution in [0.2, 0.25) is 18.1 Å². The van der Waals surface area contributed by atoms with Crippen LogP contribution in [-0.4, -0.2) is 73.4 Å². The normalized spacial score (nSPS) is 37.6. The second-order valence-electron chi connectivity index (χ2n) is 14.8. The van der Waals surface area contributed by atoms with Crippen molar-refractivity contribution < 1.29 is 62.1 Å². The molecule has 9 nitrogen and oxygen atoms in total. The number of hydrogen-bond acceptors (Lipinski definition) is 9. The third-order valence-corrected chi connectivity index (χ3v) is 17.2. The van der Waals surface area contributed by atoms with Crippen molar-refractivity contribution in [2.75, 3.05) is 6.61 Å². The first-order valence-electron chi connectivity index (χ1n) is 16.9. The Morgan fingerprint density at radius 3 is 2.19 bits per heavy atom. The van der Waals surface area contributed by atoms with Gasteiger partial charge >= 0.3 is 30.8 Å². The molecule has 0 radical (unpaired) electrons. The molecule has 0 unspecified atom stereocenters. The van der Waals surface area contributed by atoms with Gasteiger partial charge in [0, 0.05) is 24.7 Å². The van der Waals surface area contributed by atoms with Crippen molar-refractivity contribution in [1.29, 1.82) is 0 Å². The molecule has 1 aromatic rings. The number of ketones is 1. The molecule has 1 saturated heterocycles. The summed E-state index contributed by atoms with van der Waals surface area (Å²) in [5, 5.41) is 27.0. The van der Waals surface area contributed by atoms with E-state index in [2.05, 4.69) is 20.8 Å². The van der Waals surface area contributed by atoms with E-state index in [1.54, 1.807) is 37.3 Å². The summed E-state index contributed by atoms with van der Waals surface area (Å²) in [5.74, 6) is -3.28. The van der Waals surface area contributed by atoms with Gasteiger partial charge in [0.15, 0.2) is 13.9 Å². The number of hydrogen-bond donors (Lipinski definition) is 1. The second kappa shape index (κ2) is 13.2. The maximum absolute atomic E-state index is 15.4. The summed E-state index contributed by atoms with van der Waals surface area (Å²) < 4.78 is 26.0. The SMILES string of the molecule is CC[Si](CC)(CC)O[C@H]1C[C@H]2OC[C@@]2(OC(C)=O)[C@H]2[C@H](OC(=O)c3ccccc3)[C@]3(O)C[C@H]([O-])C(C)=C([C@@H](C)C(=O)[C@]12C)C3(C)C.[Li+]. The number of carbonyl (C=O) groups excluding carboxylic acids is 3. The minimum Gasteiger partial charge on any atom is -0.849 e. The van der Waals surface area contributed by atoms with Crippen LogP contribution in [0.5, 0.6) is 0 Å². The van der Waals surface area contributed by atoms with Crippen LogP contribution in [0, 0.1) is 22.7 Å². The Bertz CT molecular complexity index is 1400. The maximum atomic E-state index is 15.4. The largest absolute Gasteiger partial charge is 1.00 e. The number of carbonyl (C=O) groups is 3. The average Bonchev–Trinajstić information content (AvgIpc) is 3.01. The summed E-state index contributed by atoms with van der Waals surface area (Å²) in [5.41, 5.74) is -4.51. The van der Waals surface area contributed by atoms with Gasteiger partial charge in [0.25, 0.3) is 0 Å². The van der Waals surface area contributed by atoms with E-state index in [1.165, 1.54) is 6.92 Å². The number of rotatable bonds is 8. The van der Waals surface area contributed by atoms with Crippen LogP contribution in [0.4, 0.5) is 0 Å². The molecule has 9 atom stereocenters. The number of benzene rings is 1. The van der Waals surface area contributed by atoms with Crippen molar-refractivity contribution in [3.05, 3.63) is 47.0 Å². The van der Waals surface area contributed by atoms with Gasteiger partial charge in [-0.2, -0.15) is 0 Å². The van der Waals surface area contributed by atoms with Crippen molar-refractivity contribution in [1.82, 2.24) is 0 Å². The van der Waals surface area contributed by atoms with Gasteiger partial charge in [-0.3, -0.25) is 9.59 Å². The Labute approximate surface area is 292 Å². The molecule has 1 heterocycles. The molecule has 0 amide bonds. The molecule has 47 heavy (non-hydrogen) atoms. The second-order valence-corrected chi connectivity index (χ2v) is 19.5. The van der Waals surface area contributed by atoms with Crippen molar-refractivity contribution in [3.63, 3.8) is 0 Å². The molecule has 2 bridgehead atoms. The van der Waals surface area contributed by atoms with E-state index in [-0.39, 0.29) is 43.2 Å². The minimum absolute atomic E-state index is 0. The van der Waals surface area contributed by atoms with Crippen LogP contribution >= 0.6 is 0 Å². The number of ether oxygens (including phenoxy) is 3. The van der Waals surface area contributed by atoms with Crippen LogP contribution in [0.25, 0.3) is 0 Å². The monoisotopic (exact) mass is 662 g/mol. The van der Waals surface area contributed by atoms with Crippen molar-refractivity contribution in [2.24, 2.45) is 22.7 Å². The molecule has 254 valence electrons. The van der Waals surface area contributed by atoms with E-state index < -0.39 is 78.5 Å². The molecule has 0 aromatic heterocycles. The quantitative estimate of drug-likeness (QED) is 0.251. The summed E-state index contributed by atoms with van der Waals surface area (Å²) in [6.07, 6.45) is -4.03. The summed E-state index contributed by atoms with van der Waals surface area (Å²) in [4.78, 5) is 42.2.